The largest absolute Gasteiger partial charge is 0.368 e. The Bertz CT molecular complexity index is 1510. The number of hydrogen-bond donors (Lipinski definition) is 12. The first-order valence-corrected chi connectivity index (χ1v) is 31.8. The van der Waals surface area contributed by atoms with Crippen LogP contribution in [-0.2, 0) is 33.6 Å². The van der Waals surface area contributed by atoms with Gasteiger partial charge >= 0.3 is 0 Å². The minimum atomic E-state index is -0.605. The molecular weight excluding hydrogens is 989 g/mol. The highest BCUT2D eigenvalue weighted by Gasteiger charge is 2.22. The molecule has 78 heavy (non-hydrogen) atoms. The number of rotatable bonds is 58. The van der Waals surface area contributed by atoms with Crippen molar-refractivity contribution in [1.82, 2.24) is 31.9 Å². The lowest BCUT2D eigenvalue weighted by molar-refractivity contribution is -0.369. The minimum absolute atomic E-state index is 0.0439. The van der Waals surface area contributed by atoms with Crippen molar-refractivity contribution in [2.45, 2.75) is 287 Å². The fourth-order valence-electron chi connectivity index (χ4n) is 9.65. The Morgan fingerprint density at radius 2 is 0.551 bits per heavy atom. The van der Waals surface area contributed by atoms with Crippen molar-refractivity contribution in [3.63, 3.8) is 0 Å². The van der Waals surface area contributed by atoms with Gasteiger partial charge in [0.25, 0.3) is 0 Å². The van der Waals surface area contributed by atoms with Gasteiger partial charge in [0.2, 0.25) is 41.4 Å². The van der Waals surface area contributed by atoms with Crippen molar-refractivity contribution >= 4 is 41.4 Å². The maximum atomic E-state index is 13.1. The van der Waals surface area contributed by atoms with Crippen LogP contribution in [-0.4, -0.2) is 111 Å². The molecular formula is C59H122N12O7+4. The van der Waals surface area contributed by atoms with Crippen LogP contribution in [0.15, 0.2) is 0 Å². The second kappa shape index (κ2) is 55.0. The van der Waals surface area contributed by atoms with Crippen molar-refractivity contribution in [3.05, 3.63) is 0 Å². The van der Waals surface area contributed by atoms with Crippen LogP contribution in [0, 0.1) is 0 Å². The second-order valence-corrected chi connectivity index (χ2v) is 22.1. The molecule has 4 unspecified atom stereocenters. The number of primary amides is 1. The molecule has 0 aliphatic carbocycles. The average Bonchev–Trinajstić information content (AvgIpc) is 3.42. The zero-order chi connectivity index (χ0) is 57.5. The van der Waals surface area contributed by atoms with Crippen LogP contribution in [0.4, 0.5) is 0 Å². The number of quaternary nitrogens is 4. The summed E-state index contributed by atoms with van der Waals surface area (Å²) in [6, 6.07) is -2.03. The number of hydrogen-bond acceptors (Lipinski definition) is 8. The molecule has 0 rings (SSSR count). The van der Waals surface area contributed by atoms with Crippen LogP contribution in [0.2, 0.25) is 0 Å². The van der Waals surface area contributed by atoms with Gasteiger partial charge < -0.3 is 66.3 Å². The molecule has 22 N–H and O–H groups in total. The average molecular weight is 1110 g/mol. The molecule has 7 amide bonds. The molecule has 0 aromatic carbocycles. The van der Waals surface area contributed by atoms with Gasteiger partial charge in [0.15, 0.2) is 0 Å². The van der Waals surface area contributed by atoms with E-state index in [-0.39, 0.29) is 35.4 Å². The van der Waals surface area contributed by atoms with E-state index < -0.39 is 30.1 Å². The van der Waals surface area contributed by atoms with Crippen molar-refractivity contribution in [2.75, 3.05) is 45.8 Å². The first-order valence-electron chi connectivity index (χ1n) is 31.8. The third-order valence-electron chi connectivity index (χ3n) is 14.7. The lowest BCUT2D eigenvalue weighted by Gasteiger charge is -2.18. The summed E-state index contributed by atoms with van der Waals surface area (Å²) in [7, 11) is 0. The van der Waals surface area contributed by atoms with Crippen molar-refractivity contribution < 1.29 is 56.5 Å². The normalized spacial score (nSPS) is 12.8. The summed E-state index contributed by atoms with van der Waals surface area (Å²) >= 11 is 0. The van der Waals surface area contributed by atoms with Crippen LogP contribution in [0.5, 0.6) is 0 Å². The van der Waals surface area contributed by atoms with Gasteiger partial charge in [-0.15, -0.1) is 0 Å². The van der Waals surface area contributed by atoms with Gasteiger partial charge in [-0.1, -0.05) is 135 Å². The van der Waals surface area contributed by atoms with Crippen molar-refractivity contribution in [2.24, 2.45) is 11.5 Å². The van der Waals surface area contributed by atoms with E-state index in [0.717, 1.165) is 232 Å². The summed E-state index contributed by atoms with van der Waals surface area (Å²) in [5.41, 5.74) is 26.8. The van der Waals surface area contributed by atoms with Gasteiger partial charge in [-0.05, 0) is 109 Å². The number of nitrogens with one attached hydrogen (secondary N) is 6. The van der Waals surface area contributed by atoms with Crippen molar-refractivity contribution in [3.8, 4) is 0 Å². The van der Waals surface area contributed by atoms with Crippen LogP contribution in [0.25, 0.3) is 0 Å². The van der Waals surface area contributed by atoms with Crippen LogP contribution in [0.1, 0.15) is 263 Å². The Kier molecular flexibility index (Phi) is 52.3. The van der Waals surface area contributed by atoms with E-state index in [1.165, 1.54) is 12.8 Å². The number of nitrogens with two attached hydrogens (primary N) is 2. The summed E-state index contributed by atoms with van der Waals surface area (Å²) < 4.78 is 0. The molecule has 0 saturated carbocycles. The van der Waals surface area contributed by atoms with Gasteiger partial charge in [-0.25, -0.2) is 0 Å². The lowest BCUT2D eigenvalue weighted by Crippen LogP contribution is -2.51. The van der Waals surface area contributed by atoms with Gasteiger partial charge in [0, 0.05) is 38.9 Å². The standard InChI is InChI=1S/C59H118N12O7/c60-42-28-25-35-49(64)57(76)66-46-31-19-13-7-1-5-11-17-23-40-54(73)70-51(36-26-29-43-61)59(78)68-48-33-21-15-9-3-6-12-18-24-41-55(74)71-52(37-27-30-44-62)58(77)67-47-32-20-14-8-2-4-10-16-22-39-53(72)69-50(56(65)75)38-34-45-63/h49-52H,1-48,60-64H2,(H2,65,75)(H,66,76)(H,67,77)(H,68,78)(H,69,72)(H,70,73)(H,71,74)/p+4. The summed E-state index contributed by atoms with van der Waals surface area (Å²) in [5.74, 6) is -0.934. The molecule has 0 aromatic rings. The molecule has 0 radical (unpaired) electrons. The van der Waals surface area contributed by atoms with E-state index in [9.17, 15) is 33.6 Å². The second-order valence-electron chi connectivity index (χ2n) is 22.1. The highest BCUT2D eigenvalue weighted by Crippen LogP contribution is 2.15. The Morgan fingerprint density at radius 1 is 0.295 bits per heavy atom. The number of unbranched alkanes of at least 4 members (excludes halogenated alkanes) is 27. The third-order valence-corrected chi connectivity index (χ3v) is 14.7. The minimum Gasteiger partial charge on any atom is -0.368 e. The van der Waals surface area contributed by atoms with Crippen LogP contribution in [0.3, 0.4) is 0 Å². The fraction of sp³-hybridized carbons (Fsp3) is 0.881. The summed E-state index contributed by atoms with van der Waals surface area (Å²) in [5, 5.41) is 17.9. The number of carbonyl (C=O) groups excluding carboxylic acids is 7. The quantitative estimate of drug-likeness (QED) is 0.0399. The monoisotopic (exact) mass is 1110 g/mol. The van der Waals surface area contributed by atoms with Gasteiger partial charge in [0.05, 0.1) is 32.2 Å². The Morgan fingerprint density at radius 3 is 0.859 bits per heavy atom. The molecule has 0 spiro atoms. The van der Waals surface area contributed by atoms with E-state index in [2.05, 4.69) is 54.8 Å². The molecule has 0 aliphatic heterocycles. The molecule has 0 bridgehead atoms. The first-order chi connectivity index (χ1) is 37.9. The Labute approximate surface area is 472 Å². The molecule has 0 fully saturated rings. The van der Waals surface area contributed by atoms with Gasteiger partial charge in [0.1, 0.15) is 18.1 Å². The zero-order valence-electron chi connectivity index (χ0n) is 49.6. The van der Waals surface area contributed by atoms with E-state index in [0.29, 0.717) is 64.7 Å². The third kappa shape index (κ3) is 47.0. The highest BCUT2D eigenvalue weighted by atomic mass is 16.2. The van der Waals surface area contributed by atoms with Crippen molar-refractivity contribution in [1.29, 1.82) is 0 Å². The van der Waals surface area contributed by atoms with Crippen LogP contribution < -0.4 is 66.3 Å². The molecule has 19 nitrogen and oxygen atoms in total. The molecule has 4 atom stereocenters. The van der Waals surface area contributed by atoms with Gasteiger partial charge in [-0.2, -0.15) is 0 Å². The maximum Gasteiger partial charge on any atom is 0.242 e. The SMILES string of the molecule is NC(=O)C(CCC[NH3+])NC(=O)CCCCCCCCCCCNC(=O)C(CCCC[NH3+])NC(=O)CCCCCCCCCCCNC(=O)C(CCCC[NH3+])NC(=O)CCCCCCCCCCCNC(=O)C(N)CCCC[NH3+]. The number of amides is 7. The summed E-state index contributed by atoms with van der Waals surface area (Å²) in [6.45, 7) is 5.11. The molecule has 0 heterocycles. The summed E-state index contributed by atoms with van der Waals surface area (Å²) in [4.78, 5) is 87.7. The van der Waals surface area contributed by atoms with E-state index >= 15 is 0 Å². The molecule has 0 aliphatic rings. The Balaban J connectivity index is 4.10. The van der Waals surface area contributed by atoms with E-state index in [1.807, 2.05) is 0 Å². The van der Waals surface area contributed by atoms with E-state index in [1.54, 1.807) is 0 Å². The lowest BCUT2D eigenvalue weighted by atomic mass is 10.0. The Hall–Kier alpha value is -3.91. The smallest absolute Gasteiger partial charge is 0.242 e. The predicted molar refractivity (Wildman–Crippen MR) is 312 cm³/mol. The fourth-order valence-corrected chi connectivity index (χ4v) is 9.65. The number of carbonyl (C=O) groups is 7. The molecule has 456 valence electrons. The highest BCUT2D eigenvalue weighted by molar-refractivity contribution is 5.88. The molecule has 0 aromatic heterocycles. The predicted octanol–water partition coefficient (Wildman–Crippen LogP) is 3.56. The molecule has 19 heteroatoms. The van der Waals surface area contributed by atoms with Crippen LogP contribution >= 0.6 is 0 Å². The molecule has 0 saturated heterocycles. The maximum absolute atomic E-state index is 13.1. The van der Waals surface area contributed by atoms with E-state index in [4.69, 9.17) is 11.5 Å². The summed E-state index contributed by atoms with van der Waals surface area (Å²) in [6.07, 6.45) is 38.4. The first kappa shape index (κ1) is 74.1. The van der Waals surface area contributed by atoms with Gasteiger partial charge in [-0.3, -0.25) is 33.6 Å². The zero-order valence-corrected chi connectivity index (χ0v) is 49.6. The topological polar surface area (TPSA) is 354 Å².